The molecule has 0 aromatic heterocycles. The molecule has 0 aromatic rings. The van der Waals surface area contributed by atoms with Crippen LogP contribution in [0.5, 0.6) is 0 Å². The van der Waals surface area contributed by atoms with Crippen LogP contribution in [-0.2, 0) is 0 Å². The molecule has 0 fully saturated rings. The first-order valence-electron chi connectivity index (χ1n) is 0.827. The summed E-state index contributed by atoms with van der Waals surface area (Å²) in [5, 5.41) is 6.06. The predicted molar refractivity (Wildman–Crippen MR) is 45.9 cm³/mol. The van der Waals surface area contributed by atoms with Crippen LogP contribution < -0.4 is 11.5 Å². The first-order valence-corrected chi connectivity index (χ1v) is 0.827. The van der Waals surface area contributed by atoms with Crippen molar-refractivity contribution in [2.45, 2.75) is 0 Å². The Hall–Kier alpha value is 1.29. The van der Waals surface area contributed by atoms with E-state index < -0.39 is 0 Å². The molecule has 0 unspecified atom stereocenters. The summed E-state index contributed by atoms with van der Waals surface area (Å²) in [5.41, 5.74) is 8.94. The maximum absolute atomic E-state index is 6.06. The van der Waals surface area contributed by atoms with Crippen LogP contribution in [0.15, 0.2) is 0 Å². The Morgan fingerprint density at radius 3 is 1.29 bits per heavy atom. The van der Waals surface area contributed by atoms with E-state index in [1.54, 1.807) is 0 Å². The molecule has 7 heavy (non-hydrogen) atoms. The summed E-state index contributed by atoms with van der Waals surface area (Å²) in [7, 11) is 0. The van der Waals surface area contributed by atoms with Crippen molar-refractivity contribution >= 4 is 71.9 Å². The molecule has 0 radical (unpaired) electrons. The molecule has 0 rings (SSSR count). The molecule has 0 saturated carbocycles. The van der Waals surface area contributed by atoms with E-state index in [4.69, 9.17) is 5.41 Å². The predicted octanol–water partition coefficient (Wildman–Crippen LogP) is -0.770. The third-order valence-electron chi connectivity index (χ3n) is 0. The summed E-state index contributed by atoms with van der Waals surface area (Å²) >= 11 is 0. The van der Waals surface area contributed by atoms with Gasteiger partial charge in [-0.2, -0.15) is 0 Å². The van der Waals surface area contributed by atoms with E-state index in [-0.39, 0.29) is 71.9 Å². The van der Waals surface area contributed by atoms with Crippen LogP contribution in [-0.4, -0.2) is 35.5 Å². The average Bonchev–Trinajstić information content (AvgIpc) is 0.811. The molecule has 0 spiro atoms. The van der Waals surface area contributed by atoms with Gasteiger partial charge in [-0.3, -0.25) is 5.41 Å². The van der Waals surface area contributed by atoms with Gasteiger partial charge in [-0.05, 0) is 0 Å². The van der Waals surface area contributed by atoms with Crippen LogP contribution in [0.1, 0.15) is 0 Å². The van der Waals surface area contributed by atoms with E-state index in [2.05, 4.69) is 11.5 Å². The number of hydrogen-bond donors (Lipinski definition) is 3. The van der Waals surface area contributed by atoms with E-state index in [0.717, 1.165) is 0 Å². The molecule has 0 amide bonds. The molecule has 0 aliphatic heterocycles. The topological polar surface area (TPSA) is 75.9 Å². The zero-order valence-corrected chi connectivity index (χ0v) is 6.12. The molecule has 0 bridgehead atoms. The van der Waals surface area contributed by atoms with Gasteiger partial charge in [0.15, 0.2) is 5.96 Å². The molecule has 0 heterocycles. The first-order chi connectivity index (χ1) is 1.73. The summed E-state index contributed by atoms with van der Waals surface area (Å²) in [6.45, 7) is 0. The van der Waals surface area contributed by atoms with Gasteiger partial charge in [0.2, 0.25) is 0 Å². The second kappa shape index (κ2) is 15.7. The number of nitrogens with two attached hydrogens (primary N) is 2. The normalized spacial score (nSPS) is 3.43. The molecule has 0 aromatic carbocycles. The molecule has 0 aliphatic carbocycles. The van der Waals surface area contributed by atoms with E-state index in [1.165, 1.54) is 0 Å². The second-order valence-corrected chi connectivity index (χ2v) is 0.455. The van der Waals surface area contributed by atoms with Gasteiger partial charge >= 0.3 is 29.6 Å². The Kier molecular flexibility index (Phi) is 53.6. The van der Waals surface area contributed by atoms with Gasteiger partial charge in [-0.25, -0.2) is 0 Å². The van der Waals surface area contributed by atoms with Gasteiger partial charge in [0, 0.05) is 0 Å². The second-order valence-electron chi connectivity index (χ2n) is 0.455. The average molecular weight is 247 g/mol. The Bertz CT molecular complexity index is 37.9. The summed E-state index contributed by atoms with van der Waals surface area (Å²) in [5.74, 6) is -0.333. The van der Waals surface area contributed by atoms with Crippen molar-refractivity contribution in [1.82, 2.24) is 0 Å². The third kappa shape index (κ3) is 123. The molecule has 0 aliphatic rings. The summed E-state index contributed by atoms with van der Waals surface area (Å²) in [6, 6.07) is 0. The SMILES string of the molecule is Cl.I.N=C(N)N.[NaH]. The summed E-state index contributed by atoms with van der Waals surface area (Å²) < 4.78 is 0. The quantitative estimate of drug-likeness (QED) is 0.228. The number of hydrogen-bond acceptors (Lipinski definition) is 1. The van der Waals surface area contributed by atoms with Crippen LogP contribution in [0.2, 0.25) is 0 Å². The van der Waals surface area contributed by atoms with Gasteiger partial charge in [-0.1, -0.05) is 0 Å². The molecule has 42 valence electrons. The van der Waals surface area contributed by atoms with Crippen LogP contribution in [0.4, 0.5) is 0 Å². The Morgan fingerprint density at radius 2 is 1.29 bits per heavy atom. The first kappa shape index (κ1) is 23.9. The summed E-state index contributed by atoms with van der Waals surface area (Å²) in [4.78, 5) is 0. The zero-order chi connectivity index (χ0) is 3.58. The van der Waals surface area contributed by atoms with Crippen LogP contribution >= 0.6 is 36.4 Å². The van der Waals surface area contributed by atoms with Gasteiger partial charge in [0.25, 0.3) is 0 Å². The number of guanidine groups is 1. The standard InChI is InChI=1S/CH5N3.ClH.HI.Na.H/c2-1(3)4;;;;/h(H5,2,3,4);2*1H;;. The minimum atomic E-state index is -0.333. The third-order valence-corrected chi connectivity index (χ3v) is 0. The van der Waals surface area contributed by atoms with Crippen molar-refractivity contribution in [1.29, 1.82) is 5.41 Å². The van der Waals surface area contributed by atoms with Crippen LogP contribution in [0.25, 0.3) is 0 Å². The number of halogens is 2. The van der Waals surface area contributed by atoms with Crippen molar-refractivity contribution in [2.24, 2.45) is 11.5 Å². The minimum absolute atomic E-state index is 0. The Labute approximate surface area is 87.8 Å². The van der Waals surface area contributed by atoms with Gasteiger partial charge in [0.1, 0.15) is 0 Å². The van der Waals surface area contributed by atoms with Gasteiger partial charge < -0.3 is 11.5 Å². The molecule has 6 heteroatoms. The molecular weight excluding hydrogens is 239 g/mol. The molecule has 0 atom stereocenters. The van der Waals surface area contributed by atoms with Crippen molar-refractivity contribution < 1.29 is 0 Å². The fourth-order valence-electron chi connectivity index (χ4n) is 0. The fraction of sp³-hybridized carbons (Fsp3) is 0. The number of rotatable bonds is 0. The van der Waals surface area contributed by atoms with Crippen molar-refractivity contribution in [3.63, 3.8) is 0 Å². The van der Waals surface area contributed by atoms with Crippen molar-refractivity contribution in [2.75, 3.05) is 0 Å². The molecule has 0 saturated heterocycles. The van der Waals surface area contributed by atoms with Gasteiger partial charge in [-0.15, -0.1) is 36.4 Å². The van der Waals surface area contributed by atoms with E-state index in [9.17, 15) is 0 Å². The van der Waals surface area contributed by atoms with Crippen molar-refractivity contribution in [3.8, 4) is 0 Å². The Balaban J connectivity index is -0.0000000150. The van der Waals surface area contributed by atoms with Crippen LogP contribution in [0.3, 0.4) is 0 Å². The summed E-state index contributed by atoms with van der Waals surface area (Å²) in [6.07, 6.45) is 0. The monoisotopic (exact) mass is 247 g/mol. The number of nitrogens with one attached hydrogen (secondary N) is 1. The Morgan fingerprint density at radius 1 is 1.29 bits per heavy atom. The van der Waals surface area contributed by atoms with Crippen LogP contribution in [0, 0.1) is 5.41 Å². The van der Waals surface area contributed by atoms with E-state index in [0.29, 0.717) is 0 Å². The van der Waals surface area contributed by atoms with E-state index >= 15 is 0 Å². The zero-order valence-electron chi connectivity index (χ0n) is 2.97. The van der Waals surface area contributed by atoms with E-state index in [1.807, 2.05) is 0 Å². The fourth-order valence-corrected chi connectivity index (χ4v) is 0. The maximum atomic E-state index is 6.06. The molecular formula is CH8ClIN3Na. The van der Waals surface area contributed by atoms with Gasteiger partial charge in [0.05, 0.1) is 0 Å². The van der Waals surface area contributed by atoms with Crippen molar-refractivity contribution in [3.05, 3.63) is 0 Å². The molecule has 5 N–H and O–H groups in total. The molecule has 3 nitrogen and oxygen atoms in total.